The van der Waals surface area contributed by atoms with Crippen LogP contribution in [0.25, 0.3) is 0 Å². The van der Waals surface area contributed by atoms with Gasteiger partial charge in [0.05, 0.1) is 13.2 Å². The Morgan fingerprint density at radius 1 is 1.31 bits per heavy atom. The Morgan fingerprint density at radius 3 is 2.77 bits per heavy atom. The third-order valence-corrected chi connectivity index (χ3v) is 5.10. The van der Waals surface area contributed by atoms with Gasteiger partial charge in [0, 0.05) is 54.9 Å². The molecule has 1 unspecified atom stereocenters. The summed E-state index contributed by atoms with van der Waals surface area (Å²) in [4.78, 5) is 5.46. The van der Waals surface area contributed by atoms with E-state index in [1.54, 1.807) is 18.8 Å². The Labute approximate surface area is 183 Å². The molecule has 2 rings (SSSR count). The quantitative estimate of drug-likeness (QED) is 0.164. The Hall–Kier alpha value is -0.220. The zero-order valence-electron chi connectivity index (χ0n) is 15.2. The summed E-state index contributed by atoms with van der Waals surface area (Å²) in [6.45, 7) is 5.02. The number of nitrogens with zero attached hydrogens (tertiary/aromatic N) is 1. The van der Waals surface area contributed by atoms with E-state index in [0.717, 1.165) is 69.1 Å². The molecule has 0 bridgehead atoms. The number of halogens is 2. The number of nitrogens with one attached hydrogen (secondary N) is 2. The van der Waals surface area contributed by atoms with E-state index in [9.17, 15) is 0 Å². The van der Waals surface area contributed by atoms with Gasteiger partial charge in [0.1, 0.15) is 0 Å². The molecule has 0 aromatic heterocycles. The minimum Gasteiger partial charge on any atom is -0.381 e. The van der Waals surface area contributed by atoms with Gasteiger partial charge in [0.15, 0.2) is 5.96 Å². The lowest BCUT2D eigenvalue weighted by molar-refractivity contribution is 0.0888. The summed E-state index contributed by atoms with van der Waals surface area (Å²) < 4.78 is 11.0. The second-order valence-corrected chi connectivity index (χ2v) is 7.49. The van der Waals surface area contributed by atoms with Crippen molar-refractivity contribution in [3.8, 4) is 0 Å². The molecule has 1 aliphatic rings. The van der Waals surface area contributed by atoms with Gasteiger partial charge in [-0.2, -0.15) is 0 Å². The summed E-state index contributed by atoms with van der Waals surface area (Å²) in [5.41, 5.74) is 0. The fourth-order valence-electron chi connectivity index (χ4n) is 2.44. The second-order valence-electron chi connectivity index (χ2n) is 5.89. The van der Waals surface area contributed by atoms with Gasteiger partial charge in [-0.05, 0) is 37.1 Å². The van der Waals surface area contributed by atoms with Crippen molar-refractivity contribution in [2.45, 2.75) is 17.7 Å². The molecule has 1 aromatic rings. The molecule has 1 aliphatic heterocycles. The number of ether oxygens (including phenoxy) is 2. The number of benzene rings is 1. The van der Waals surface area contributed by atoms with E-state index < -0.39 is 0 Å². The number of guanidine groups is 1. The van der Waals surface area contributed by atoms with Crippen molar-refractivity contribution in [1.82, 2.24) is 10.6 Å². The minimum absolute atomic E-state index is 0. The summed E-state index contributed by atoms with van der Waals surface area (Å²) >= 11 is 7.68. The summed E-state index contributed by atoms with van der Waals surface area (Å²) in [6.07, 6.45) is 2.09. The number of hydrogen-bond donors (Lipinski definition) is 2. The van der Waals surface area contributed by atoms with Crippen LogP contribution >= 0.6 is 47.3 Å². The molecule has 148 valence electrons. The summed E-state index contributed by atoms with van der Waals surface area (Å²) in [5, 5.41) is 7.40. The molecule has 1 fully saturated rings. The van der Waals surface area contributed by atoms with Gasteiger partial charge < -0.3 is 20.1 Å². The highest BCUT2D eigenvalue weighted by atomic mass is 127. The smallest absolute Gasteiger partial charge is 0.191 e. The van der Waals surface area contributed by atoms with E-state index in [0.29, 0.717) is 5.92 Å². The Kier molecular flexibility index (Phi) is 13.5. The Morgan fingerprint density at radius 2 is 2.08 bits per heavy atom. The third kappa shape index (κ3) is 10.2. The highest BCUT2D eigenvalue weighted by Gasteiger charge is 2.15. The molecule has 8 heteroatoms. The van der Waals surface area contributed by atoms with Gasteiger partial charge in [-0.1, -0.05) is 11.6 Å². The summed E-state index contributed by atoms with van der Waals surface area (Å²) in [5.74, 6) is 2.39. The maximum atomic E-state index is 5.89. The normalized spacial score (nSPS) is 17.0. The first-order valence-electron chi connectivity index (χ1n) is 8.76. The molecule has 1 atom stereocenters. The van der Waals surface area contributed by atoms with Gasteiger partial charge in [0.2, 0.25) is 0 Å². The molecule has 0 radical (unpaired) electrons. The van der Waals surface area contributed by atoms with Crippen LogP contribution in [-0.2, 0) is 9.47 Å². The minimum atomic E-state index is 0. The van der Waals surface area contributed by atoms with Crippen LogP contribution in [0.3, 0.4) is 0 Å². The van der Waals surface area contributed by atoms with E-state index >= 15 is 0 Å². The predicted molar refractivity (Wildman–Crippen MR) is 121 cm³/mol. The zero-order chi connectivity index (χ0) is 17.7. The standard InChI is InChI=1S/C18H28ClN3O2S.HI/c1-20-18(21-8-2-10-23-13-15-7-11-24-14-15)22-9-12-25-17-5-3-16(19)4-6-17;/h3-6,15H,2,7-14H2,1H3,(H2,20,21,22);1H. The van der Waals surface area contributed by atoms with Crippen LogP contribution in [0.4, 0.5) is 0 Å². The molecule has 1 heterocycles. The first-order valence-corrected chi connectivity index (χ1v) is 10.1. The molecule has 1 aromatic carbocycles. The number of aliphatic imine (C=N–C) groups is 1. The molecule has 1 saturated heterocycles. The third-order valence-electron chi connectivity index (χ3n) is 3.84. The SMILES string of the molecule is CN=C(NCCCOCC1CCOC1)NCCSc1ccc(Cl)cc1.I. The van der Waals surface area contributed by atoms with Gasteiger partial charge in [-0.15, -0.1) is 35.7 Å². The molecular weight excluding hydrogens is 485 g/mol. The van der Waals surface area contributed by atoms with Crippen molar-refractivity contribution < 1.29 is 9.47 Å². The van der Waals surface area contributed by atoms with Crippen LogP contribution in [0.2, 0.25) is 5.02 Å². The maximum absolute atomic E-state index is 5.89. The molecule has 2 N–H and O–H groups in total. The molecule has 0 spiro atoms. The van der Waals surface area contributed by atoms with Gasteiger partial charge >= 0.3 is 0 Å². The van der Waals surface area contributed by atoms with Crippen molar-refractivity contribution >= 4 is 53.3 Å². The molecule has 26 heavy (non-hydrogen) atoms. The average molecular weight is 514 g/mol. The largest absolute Gasteiger partial charge is 0.381 e. The highest BCUT2D eigenvalue weighted by Crippen LogP contribution is 2.19. The van der Waals surface area contributed by atoms with Crippen LogP contribution in [0.5, 0.6) is 0 Å². The first-order chi connectivity index (χ1) is 12.3. The van der Waals surface area contributed by atoms with Gasteiger partial charge in [0.25, 0.3) is 0 Å². The van der Waals surface area contributed by atoms with Crippen molar-refractivity contribution in [2.24, 2.45) is 10.9 Å². The lowest BCUT2D eigenvalue weighted by Crippen LogP contribution is -2.39. The number of hydrogen-bond acceptors (Lipinski definition) is 4. The Bertz CT molecular complexity index is 514. The van der Waals surface area contributed by atoms with E-state index in [1.807, 2.05) is 24.3 Å². The molecule has 0 saturated carbocycles. The predicted octanol–water partition coefficient (Wildman–Crippen LogP) is 3.66. The fraction of sp³-hybridized carbons (Fsp3) is 0.611. The molecule has 5 nitrogen and oxygen atoms in total. The van der Waals surface area contributed by atoms with Crippen molar-refractivity contribution in [3.63, 3.8) is 0 Å². The van der Waals surface area contributed by atoms with E-state index in [-0.39, 0.29) is 24.0 Å². The fourth-order valence-corrected chi connectivity index (χ4v) is 3.33. The number of thioether (sulfide) groups is 1. The maximum Gasteiger partial charge on any atom is 0.191 e. The van der Waals surface area contributed by atoms with E-state index in [2.05, 4.69) is 15.6 Å². The average Bonchev–Trinajstić information content (AvgIpc) is 3.14. The Balaban J connectivity index is 0.00000338. The van der Waals surface area contributed by atoms with Crippen LogP contribution in [-0.4, -0.2) is 58.3 Å². The van der Waals surface area contributed by atoms with Crippen molar-refractivity contribution in [1.29, 1.82) is 0 Å². The van der Waals surface area contributed by atoms with Crippen LogP contribution in [0.15, 0.2) is 34.2 Å². The molecule has 0 aliphatic carbocycles. The van der Waals surface area contributed by atoms with E-state index in [4.69, 9.17) is 21.1 Å². The van der Waals surface area contributed by atoms with Gasteiger partial charge in [-0.25, -0.2) is 0 Å². The van der Waals surface area contributed by atoms with E-state index in [1.165, 1.54) is 4.90 Å². The van der Waals surface area contributed by atoms with Crippen molar-refractivity contribution in [2.75, 3.05) is 52.3 Å². The highest BCUT2D eigenvalue weighted by molar-refractivity contribution is 14.0. The zero-order valence-corrected chi connectivity index (χ0v) is 19.1. The molecule has 0 amide bonds. The topological polar surface area (TPSA) is 54.9 Å². The van der Waals surface area contributed by atoms with Gasteiger partial charge in [-0.3, -0.25) is 4.99 Å². The summed E-state index contributed by atoms with van der Waals surface area (Å²) in [6, 6.07) is 7.91. The van der Waals surface area contributed by atoms with Crippen LogP contribution < -0.4 is 10.6 Å². The number of rotatable bonds is 10. The van der Waals surface area contributed by atoms with Crippen LogP contribution in [0.1, 0.15) is 12.8 Å². The van der Waals surface area contributed by atoms with Crippen molar-refractivity contribution in [3.05, 3.63) is 29.3 Å². The lowest BCUT2D eigenvalue weighted by atomic mass is 10.1. The second kappa shape index (κ2) is 14.8. The first kappa shape index (κ1) is 23.8. The van der Waals surface area contributed by atoms with Crippen LogP contribution in [0, 0.1) is 5.92 Å². The summed E-state index contributed by atoms with van der Waals surface area (Å²) in [7, 11) is 1.79. The lowest BCUT2D eigenvalue weighted by Gasteiger charge is -2.12. The molecular formula is C18H29ClIN3O2S. The monoisotopic (exact) mass is 513 g/mol.